The first-order chi connectivity index (χ1) is 8.31. The second-order valence-corrected chi connectivity index (χ2v) is 4.51. The van der Waals surface area contributed by atoms with E-state index in [9.17, 15) is 5.11 Å². The smallest absolute Gasteiger partial charge is 0.0897 e. The maximum absolute atomic E-state index is 9.62. The molecule has 0 bridgehead atoms. The highest BCUT2D eigenvalue weighted by Gasteiger charge is 2.21. The van der Waals surface area contributed by atoms with Crippen LogP contribution < -0.4 is 5.32 Å². The van der Waals surface area contributed by atoms with E-state index in [4.69, 9.17) is 4.74 Å². The number of hydrogen-bond donors (Lipinski definition) is 2. The Balaban J connectivity index is 1.94. The summed E-state index contributed by atoms with van der Waals surface area (Å²) in [5, 5.41) is 13.0. The van der Waals surface area contributed by atoms with Gasteiger partial charge in [0.2, 0.25) is 0 Å². The normalized spacial score (nSPS) is 20.9. The predicted octanol–water partition coefficient (Wildman–Crippen LogP) is 1.06. The van der Waals surface area contributed by atoms with Crippen LogP contribution in [0.25, 0.3) is 0 Å². The van der Waals surface area contributed by atoms with Crippen LogP contribution in [0.1, 0.15) is 30.1 Å². The molecular formula is C13H20N2O2. The third-order valence-corrected chi connectivity index (χ3v) is 3.15. The summed E-state index contributed by atoms with van der Waals surface area (Å²) >= 11 is 0. The summed E-state index contributed by atoms with van der Waals surface area (Å²) in [6, 6.07) is 4.40. The molecule has 17 heavy (non-hydrogen) atoms. The lowest BCUT2D eigenvalue weighted by atomic mass is 9.92. The number of pyridine rings is 1. The Labute approximate surface area is 102 Å². The molecule has 0 aliphatic heterocycles. The average Bonchev–Trinajstić information content (AvgIpc) is 2.36. The molecule has 0 amide bonds. The van der Waals surface area contributed by atoms with Gasteiger partial charge in [-0.1, -0.05) is 6.07 Å². The monoisotopic (exact) mass is 236 g/mol. The topological polar surface area (TPSA) is 54.4 Å². The van der Waals surface area contributed by atoms with Gasteiger partial charge in [-0.2, -0.15) is 0 Å². The summed E-state index contributed by atoms with van der Waals surface area (Å²) in [6.45, 7) is 0.920. The van der Waals surface area contributed by atoms with E-state index >= 15 is 0 Å². The van der Waals surface area contributed by atoms with E-state index in [0.29, 0.717) is 13.2 Å². The van der Waals surface area contributed by atoms with Crippen molar-refractivity contribution >= 4 is 0 Å². The van der Waals surface area contributed by atoms with Crippen molar-refractivity contribution in [2.24, 2.45) is 0 Å². The van der Waals surface area contributed by atoms with Crippen molar-refractivity contribution in [1.29, 1.82) is 0 Å². The molecule has 1 aliphatic rings. The van der Waals surface area contributed by atoms with Crippen molar-refractivity contribution < 1.29 is 9.84 Å². The minimum absolute atomic E-state index is 0.270. The number of aryl methyl sites for hydroxylation is 1. The molecule has 0 spiro atoms. The molecule has 0 radical (unpaired) electrons. The fourth-order valence-corrected chi connectivity index (χ4v) is 2.34. The van der Waals surface area contributed by atoms with Gasteiger partial charge in [0.05, 0.1) is 18.4 Å². The molecule has 0 saturated carbocycles. The minimum atomic E-state index is -0.450. The fourth-order valence-electron chi connectivity index (χ4n) is 2.34. The third-order valence-electron chi connectivity index (χ3n) is 3.15. The molecule has 0 aromatic carbocycles. The number of fused-ring (bicyclic) bond motifs is 1. The zero-order chi connectivity index (χ0) is 12.1. The number of rotatable bonds is 5. The molecule has 1 aliphatic carbocycles. The summed E-state index contributed by atoms with van der Waals surface area (Å²) in [4.78, 5) is 4.45. The molecule has 2 unspecified atom stereocenters. The van der Waals surface area contributed by atoms with Crippen molar-refractivity contribution in [2.45, 2.75) is 31.4 Å². The van der Waals surface area contributed by atoms with Crippen LogP contribution in [0.15, 0.2) is 18.3 Å². The highest BCUT2D eigenvalue weighted by atomic mass is 16.5. The Bertz CT molecular complexity index is 357. The van der Waals surface area contributed by atoms with Gasteiger partial charge in [0.25, 0.3) is 0 Å². The number of aromatic nitrogens is 1. The minimum Gasteiger partial charge on any atom is -0.389 e. The summed E-state index contributed by atoms with van der Waals surface area (Å²) < 4.78 is 4.91. The summed E-state index contributed by atoms with van der Waals surface area (Å²) in [5.41, 5.74) is 2.47. The number of aliphatic hydroxyl groups is 1. The highest BCUT2D eigenvalue weighted by Crippen LogP contribution is 2.27. The first-order valence-corrected chi connectivity index (χ1v) is 6.15. The van der Waals surface area contributed by atoms with Gasteiger partial charge >= 0.3 is 0 Å². The lowest BCUT2D eigenvalue weighted by Gasteiger charge is -2.26. The summed E-state index contributed by atoms with van der Waals surface area (Å²) in [5.74, 6) is 0. The number of nitrogens with zero attached hydrogens (tertiary/aromatic N) is 1. The standard InChI is InChI=1S/C13H20N2O2/c1-17-9-11(16)8-15-12-6-2-4-10-5-3-7-14-13(10)12/h3,5,7,11-12,15-16H,2,4,6,8-9H2,1H3. The van der Waals surface area contributed by atoms with Gasteiger partial charge < -0.3 is 15.2 Å². The Morgan fingerprint density at radius 3 is 3.35 bits per heavy atom. The molecule has 2 atom stereocenters. The molecule has 4 nitrogen and oxygen atoms in total. The van der Waals surface area contributed by atoms with E-state index in [-0.39, 0.29) is 6.04 Å². The van der Waals surface area contributed by atoms with Crippen LogP contribution >= 0.6 is 0 Å². The second-order valence-electron chi connectivity index (χ2n) is 4.51. The van der Waals surface area contributed by atoms with Crippen molar-refractivity contribution in [3.05, 3.63) is 29.6 Å². The Hall–Kier alpha value is -0.970. The van der Waals surface area contributed by atoms with Gasteiger partial charge in [-0.25, -0.2) is 0 Å². The Kier molecular flexibility index (Phi) is 4.48. The summed E-state index contributed by atoms with van der Waals surface area (Å²) in [7, 11) is 1.60. The molecule has 0 fully saturated rings. The molecule has 0 saturated heterocycles. The van der Waals surface area contributed by atoms with Gasteiger partial charge in [-0.3, -0.25) is 4.98 Å². The van der Waals surface area contributed by atoms with Crippen molar-refractivity contribution in [1.82, 2.24) is 10.3 Å². The van der Waals surface area contributed by atoms with Crippen LogP contribution in [-0.2, 0) is 11.2 Å². The van der Waals surface area contributed by atoms with Crippen LogP contribution in [0.3, 0.4) is 0 Å². The quantitative estimate of drug-likeness (QED) is 0.802. The van der Waals surface area contributed by atoms with Crippen molar-refractivity contribution in [3.63, 3.8) is 0 Å². The SMILES string of the molecule is COCC(O)CNC1CCCc2cccnc21. The van der Waals surface area contributed by atoms with Gasteiger partial charge in [0.15, 0.2) is 0 Å². The van der Waals surface area contributed by atoms with Crippen molar-refractivity contribution in [2.75, 3.05) is 20.3 Å². The lowest BCUT2D eigenvalue weighted by molar-refractivity contribution is 0.0621. The molecule has 1 aromatic heterocycles. The lowest BCUT2D eigenvalue weighted by Crippen LogP contribution is -2.34. The van der Waals surface area contributed by atoms with Crippen LogP contribution in [-0.4, -0.2) is 36.5 Å². The first-order valence-electron chi connectivity index (χ1n) is 6.15. The molecule has 2 N–H and O–H groups in total. The number of aliphatic hydroxyl groups excluding tert-OH is 1. The van der Waals surface area contributed by atoms with Crippen molar-refractivity contribution in [3.8, 4) is 0 Å². The van der Waals surface area contributed by atoms with Crippen LogP contribution in [0, 0.1) is 0 Å². The van der Waals surface area contributed by atoms with E-state index < -0.39 is 6.10 Å². The number of methoxy groups -OCH3 is 1. The van der Waals surface area contributed by atoms with Gasteiger partial charge in [-0.15, -0.1) is 0 Å². The van der Waals surface area contributed by atoms with E-state index in [1.807, 2.05) is 12.3 Å². The van der Waals surface area contributed by atoms with Gasteiger partial charge in [-0.05, 0) is 30.9 Å². The Morgan fingerprint density at radius 1 is 1.65 bits per heavy atom. The molecular weight excluding hydrogens is 216 g/mol. The molecule has 2 rings (SSSR count). The third kappa shape index (κ3) is 3.25. The fraction of sp³-hybridized carbons (Fsp3) is 0.615. The van der Waals surface area contributed by atoms with E-state index in [1.165, 1.54) is 12.0 Å². The Morgan fingerprint density at radius 2 is 2.53 bits per heavy atom. The number of ether oxygens (including phenoxy) is 1. The maximum atomic E-state index is 9.62. The van der Waals surface area contributed by atoms with Gasteiger partial charge in [0, 0.05) is 25.9 Å². The molecule has 1 aromatic rings. The van der Waals surface area contributed by atoms with E-state index in [1.54, 1.807) is 7.11 Å². The molecule has 4 heteroatoms. The maximum Gasteiger partial charge on any atom is 0.0897 e. The summed E-state index contributed by atoms with van der Waals surface area (Å²) in [6.07, 6.45) is 4.77. The molecule has 1 heterocycles. The average molecular weight is 236 g/mol. The second kappa shape index (κ2) is 6.10. The largest absolute Gasteiger partial charge is 0.389 e. The van der Waals surface area contributed by atoms with Crippen LogP contribution in [0.2, 0.25) is 0 Å². The van der Waals surface area contributed by atoms with Crippen LogP contribution in [0.4, 0.5) is 0 Å². The highest BCUT2D eigenvalue weighted by molar-refractivity contribution is 5.25. The zero-order valence-corrected chi connectivity index (χ0v) is 10.2. The number of hydrogen-bond acceptors (Lipinski definition) is 4. The van der Waals surface area contributed by atoms with Crippen LogP contribution in [0.5, 0.6) is 0 Å². The van der Waals surface area contributed by atoms with E-state index in [0.717, 1.165) is 18.5 Å². The first kappa shape index (κ1) is 12.5. The van der Waals surface area contributed by atoms with E-state index in [2.05, 4.69) is 16.4 Å². The zero-order valence-electron chi connectivity index (χ0n) is 10.2. The predicted molar refractivity (Wildman–Crippen MR) is 65.8 cm³/mol. The number of nitrogens with one attached hydrogen (secondary N) is 1. The van der Waals surface area contributed by atoms with Gasteiger partial charge in [0.1, 0.15) is 0 Å². The molecule has 94 valence electrons.